The van der Waals surface area contributed by atoms with Crippen LogP contribution in [-0.4, -0.2) is 37.3 Å². The fraction of sp³-hybridized carbons (Fsp3) is 0.700. The second kappa shape index (κ2) is 4.97. The van der Waals surface area contributed by atoms with Crippen molar-refractivity contribution in [3.05, 3.63) is 11.4 Å². The van der Waals surface area contributed by atoms with E-state index in [0.29, 0.717) is 12.8 Å². The molecule has 1 aromatic rings. The first-order valence-corrected chi connectivity index (χ1v) is 5.67. The molecule has 8 heteroatoms. The summed E-state index contributed by atoms with van der Waals surface area (Å²) >= 11 is 0. The van der Waals surface area contributed by atoms with Crippen LogP contribution in [0.15, 0.2) is 0 Å². The van der Waals surface area contributed by atoms with Crippen LogP contribution in [-0.2, 0) is 0 Å². The monoisotopic (exact) mass is 261 g/mol. The van der Waals surface area contributed by atoms with Crippen LogP contribution >= 0.6 is 0 Å². The molecule has 0 bridgehead atoms. The molecule has 2 unspecified atom stereocenters. The second-order valence-electron chi connectivity index (χ2n) is 4.29. The highest BCUT2D eigenvalue weighted by Crippen LogP contribution is 2.32. The molecule has 100 valence electrons. The number of aromatic carboxylic acids is 1. The van der Waals surface area contributed by atoms with Crippen LogP contribution in [0.1, 0.15) is 54.3 Å². The number of alkyl halides is 2. The Hall–Kier alpha value is -1.57. The van der Waals surface area contributed by atoms with Crippen molar-refractivity contribution < 1.29 is 23.8 Å². The molecule has 0 spiro atoms. The number of hydrogen-bond donors (Lipinski definition) is 2. The Bertz CT molecular complexity index is 450. The molecule has 0 aromatic carbocycles. The van der Waals surface area contributed by atoms with Crippen LogP contribution in [0.3, 0.4) is 0 Å². The maximum atomic E-state index is 12.9. The van der Waals surface area contributed by atoms with E-state index in [1.807, 2.05) is 0 Å². The SMILES string of the molecule is O=C(O)c1nnn(C2CCCCC2O)c1C(F)F. The van der Waals surface area contributed by atoms with Crippen LogP contribution in [0, 0.1) is 0 Å². The Labute approximate surface area is 101 Å². The molecule has 1 fully saturated rings. The van der Waals surface area contributed by atoms with Crippen molar-refractivity contribution in [1.29, 1.82) is 0 Å². The molecule has 2 atom stereocenters. The van der Waals surface area contributed by atoms with Gasteiger partial charge in [-0.2, -0.15) is 0 Å². The maximum absolute atomic E-state index is 12.9. The van der Waals surface area contributed by atoms with Gasteiger partial charge in [0.05, 0.1) is 12.1 Å². The largest absolute Gasteiger partial charge is 0.476 e. The summed E-state index contributed by atoms with van der Waals surface area (Å²) < 4.78 is 26.7. The van der Waals surface area contributed by atoms with Crippen LogP contribution < -0.4 is 0 Å². The minimum Gasteiger partial charge on any atom is -0.476 e. The van der Waals surface area contributed by atoms with E-state index in [-0.39, 0.29) is 0 Å². The van der Waals surface area contributed by atoms with Gasteiger partial charge in [0, 0.05) is 0 Å². The Morgan fingerprint density at radius 1 is 1.39 bits per heavy atom. The number of carboxylic acids is 1. The van der Waals surface area contributed by atoms with Crippen molar-refractivity contribution >= 4 is 5.97 Å². The number of carboxylic acid groups (broad SMARTS) is 1. The highest BCUT2D eigenvalue weighted by molar-refractivity contribution is 5.86. The van der Waals surface area contributed by atoms with Gasteiger partial charge in [-0.15, -0.1) is 5.10 Å². The van der Waals surface area contributed by atoms with Gasteiger partial charge in [0.25, 0.3) is 6.43 Å². The molecule has 0 amide bonds. The first-order valence-electron chi connectivity index (χ1n) is 5.67. The predicted octanol–water partition coefficient (Wildman–Crippen LogP) is 1.39. The lowest BCUT2D eigenvalue weighted by molar-refractivity contribution is 0.0556. The predicted molar refractivity (Wildman–Crippen MR) is 55.5 cm³/mol. The molecule has 2 rings (SSSR count). The number of hydrogen-bond acceptors (Lipinski definition) is 4. The smallest absolute Gasteiger partial charge is 0.358 e. The van der Waals surface area contributed by atoms with E-state index in [1.165, 1.54) is 0 Å². The number of aromatic nitrogens is 3. The number of halogens is 2. The molecule has 0 radical (unpaired) electrons. The average Bonchev–Trinajstić information content (AvgIpc) is 2.74. The Morgan fingerprint density at radius 2 is 2.06 bits per heavy atom. The third-order valence-corrected chi connectivity index (χ3v) is 3.15. The van der Waals surface area contributed by atoms with E-state index in [0.717, 1.165) is 17.5 Å². The molecule has 1 aliphatic rings. The highest BCUT2D eigenvalue weighted by atomic mass is 19.3. The average molecular weight is 261 g/mol. The van der Waals surface area contributed by atoms with Crippen molar-refractivity contribution in [2.24, 2.45) is 0 Å². The number of rotatable bonds is 3. The maximum Gasteiger partial charge on any atom is 0.358 e. The topological polar surface area (TPSA) is 88.2 Å². The summed E-state index contributed by atoms with van der Waals surface area (Å²) in [4.78, 5) is 10.8. The first-order chi connectivity index (χ1) is 8.52. The van der Waals surface area contributed by atoms with Gasteiger partial charge in [-0.1, -0.05) is 18.1 Å². The Balaban J connectivity index is 2.40. The van der Waals surface area contributed by atoms with Crippen molar-refractivity contribution in [2.75, 3.05) is 0 Å². The summed E-state index contributed by atoms with van der Waals surface area (Å²) in [6.07, 6.45) is -1.19. The molecule has 1 heterocycles. The zero-order valence-electron chi connectivity index (χ0n) is 9.46. The van der Waals surface area contributed by atoms with E-state index in [2.05, 4.69) is 10.3 Å². The number of carbonyl (C=O) groups is 1. The summed E-state index contributed by atoms with van der Waals surface area (Å²) in [7, 11) is 0. The van der Waals surface area contributed by atoms with Gasteiger partial charge >= 0.3 is 5.97 Å². The van der Waals surface area contributed by atoms with Crippen molar-refractivity contribution in [3.63, 3.8) is 0 Å². The van der Waals surface area contributed by atoms with Crippen LogP contribution in [0.25, 0.3) is 0 Å². The van der Waals surface area contributed by atoms with Gasteiger partial charge in [0.15, 0.2) is 5.69 Å². The molecule has 2 N–H and O–H groups in total. The minimum absolute atomic E-state index is 0.489. The van der Waals surface area contributed by atoms with Crippen molar-refractivity contribution in [2.45, 2.75) is 44.3 Å². The van der Waals surface area contributed by atoms with Gasteiger partial charge in [0.2, 0.25) is 0 Å². The van der Waals surface area contributed by atoms with Crippen molar-refractivity contribution in [1.82, 2.24) is 15.0 Å². The summed E-state index contributed by atoms with van der Waals surface area (Å²) in [5, 5.41) is 25.3. The van der Waals surface area contributed by atoms with Crippen LogP contribution in [0.4, 0.5) is 8.78 Å². The van der Waals surface area contributed by atoms with Crippen LogP contribution in [0.5, 0.6) is 0 Å². The molecule has 18 heavy (non-hydrogen) atoms. The third-order valence-electron chi connectivity index (χ3n) is 3.15. The zero-order valence-corrected chi connectivity index (χ0v) is 9.46. The third kappa shape index (κ3) is 2.20. The summed E-state index contributed by atoms with van der Waals surface area (Å²) in [6.45, 7) is 0. The van der Waals surface area contributed by atoms with Gasteiger partial charge < -0.3 is 10.2 Å². The van der Waals surface area contributed by atoms with Gasteiger partial charge in [0.1, 0.15) is 5.69 Å². The standard InChI is InChI=1S/C10H13F2N3O3/c11-9(12)8-7(10(17)18)13-14-15(8)5-3-1-2-4-6(5)16/h5-6,9,16H,1-4H2,(H,17,18). The highest BCUT2D eigenvalue weighted by Gasteiger charge is 2.33. The summed E-state index contributed by atoms with van der Waals surface area (Å²) in [5.74, 6) is -1.54. The lowest BCUT2D eigenvalue weighted by atomic mass is 9.92. The van der Waals surface area contributed by atoms with E-state index in [9.17, 15) is 18.7 Å². The molecule has 6 nitrogen and oxygen atoms in total. The van der Waals surface area contributed by atoms with E-state index in [4.69, 9.17) is 5.11 Å². The Morgan fingerprint density at radius 3 is 2.61 bits per heavy atom. The Kier molecular flexibility index (Phi) is 3.55. The van der Waals surface area contributed by atoms with Crippen LogP contribution in [0.2, 0.25) is 0 Å². The fourth-order valence-corrected chi connectivity index (χ4v) is 2.28. The lowest BCUT2D eigenvalue weighted by Gasteiger charge is -2.28. The molecule has 0 aliphatic heterocycles. The van der Waals surface area contributed by atoms with Gasteiger partial charge in [-0.3, -0.25) is 0 Å². The number of aliphatic hydroxyl groups is 1. The van der Waals surface area contributed by atoms with Crippen molar-refractivity contribution in [3.8, 4) is 0 Å². The minimum atomic E-state index is -2.99. The van der Waals surface area contributed by atoms with E-state index >= 15 is 0 Å². The fourth-order valence-electron chi connectivity index (χ4n) is 2.28. The quantitative estimate of drug-likeness (QED) is 0.858. The van der Waals surface area contributed by atoms with E-state index in [1.54, 1.807) is 0 Å². The molecular formula is C10H13F2N3O3. The molecule has 1 saturated carbocycles. The molecular weight excluding hydrogens is 248 g/mol. The summed E-state index contributed by atoms with van der Waals surface area (Å²) in [6, 6.07) is -0.622. The van der Waals surface area contributed by atoms with Gasteiger partial charge in [-0.05, 0) is 12.8 Å². The van der Waals surface area contributed by atoms with E-state index < -0.39 is 35.9 Å². The zero-order chi connectivity index (χ0) is 13.3. The first kappa shape index (κ1) is 12.9. The normalized spacial score (nSPS) is 24.4. The van der Waals surface area contributed by atoms with Gasteiger partial charge in [-0.25, -0.2) is 18.3 Å². The number of nitrogens with zero attached hydrogens (tertiary/aromatic N) is 3. The molecule has 1 aliphatic carbocycles. The second-order valence-corrected chi connectivity index (χ2v) is 4.29. The number of aliphatic hydroxyl groups excluding tert-OH is 1. The molecule has 1 aromatic heterocycles. The molecule has 0 saturated heterocycles. The summed E-state index contributed by atoms with van der Waals surface area (Å²) in [5.41, 5.74) is -1.48. The lowest BCUT2D eigenvalue weighted by Crippen LogP contribution is -2.29.